The lowest BCUT2D eigenvalue weighted by molar-refractivity contribution is 0.109. The molecule has 2 nitrogen and oxygen atoms in total. The summed E-state index contributed by atoms with van der Waals surface area (Å²) in [6, 6.07) is 6.93. The zero-order valence-electron chi connectivity index (χ0n) is 11.0. The number of rotatable bonds is 2. The van der Waals surface area contributed by atoms with Gasteiger partial charge in [0.05, 0.1) is 6.10 Å². The first kappa shape index (κ1) is 12.0. The quantitative estimate of drug-likeness (QED) is 0.839. The molecule has 1 aliphatic carbocycles. The summed E-state index contributed by atoms with van der Waals surface area (Å²) in [4.78, 5) is 0. The number of nitrogens with one attached hydrogen (secondary N) is 1. The van der Waals surface area contributed by atoms with E-state index in [-0.39, 0.29) is 6.10 Å². The van der Waals surface area contributed by atoms with Crippen LogP contribution in [-0.4, -0.2) is 17.8 Å². The average Bonchev–Trinajstić information content (AvgIpc) is 2.41. The lowest BCUT2D eigenvalue weighted by atomic mass is 9.83. The maximum absolute atomic E-state index is 9.54. The van der Waals surface area contributed by atoms with Crippen LogP contribution in [0.2, 0.25) is 0 Å². The van der Waals surface area contributed by atoms with E-state index in [0.717, 1.165) is 25.3 Å². The van der Waals surface area contributed by atoms with Gasteiger partial charge < -0.3 is 10.4 Å². The van der Waals surface area contributed by atoms with E-state index in [0.29, 0.717) is 0 Å². The van der Waals surface area contributed by atoms with Gasteiger partial charge in [-0.3, -0.25) is 0 Å². The summed E-state index contributed by atoms with van der Waals surface area (Å²) >= 11 is 0. The van der Waals surface area contributed by atoms with Crippen LogP contribution < -0.4 is 5.32 Å². The van der Waals surface area contributed by atoms with E-state index in [1.807, 2.05) is 0 Å². The molecule has 0 radical (unpaired) electrons. The Morgan fingerprint density at radius 1 is 1.17 bits per heavy atom. The van der Waals surface area contributed by atoms with Crippen molar-refractivity contribution >= 4 is 5.69 Å². The normalized spacial score (nSPS) is 27.4. The van der Waals surface area contributed by atoms with Gasteiger partial charge >= 0.3 is 0 Å². The maximum Gasteiger partial charge on any atom is 0.0540 e. The molecule has 0 spiro atoms. The van der Waals surface area contributed by atoms with Gasteiger partial charge in [-0.2, -0.15) is 0 Å². The molecule has 1 heterocycles. The Morgan fingerprint density at radius 2 is 2.00 bits per heavy atom. The number of anilines is 1. The molecule has 1 aromatic rings. The standard InChI is InChI=1S/C16H23NO/c18-15-6-3-12(4-7-15)10-13-5-8-16-14(11-13)2-1-9-17-16/h5,8,11-12,15,17-18H,1-4,6-7,9-10H2. The molecule has 0 atom stereocenters. The van der Waals surface area contributed by atoms with E-state index < -0.39 is 0 Å². The Balaban J connectivity index is 1.66. The highest BCUT2D eigenvalue weighted by Gasteiger charge is 2.20. The fourth-order valence-electron chi connectivity index (χ4n) is 3.34. The predicted octanol–water partition coefficient (Wildman–Crippen LogP) is 3.14. The second-order valence-corrected chi connectivity index (χ2v) is 5.90. The SMILES string of the molecule is OC1CCC(Cc2ccc3c(c2)CCCN3)CC1. The molecule has 18 heavy (non-hydrogen) atoms. The Kier molecular flexibility index (Phi) is 3.55. The lowest BCUT2D eigenvalue weighted by Gasteiger charge is -2.26. The van der Waals surface area contributed by atoms with Crippen molar-refractivity contribution in [3.63, 3.8) is 0 Å². The van der Waals surface area contributed by atoms with Gasteiger partial charge in [0.1, 0.15) is 0 Å². The largest absolute Gasteiger partial charge is 0.393 e. The zero-order chi connectivity index (χ0) is 12.4. The Morgan fingerprint density at radius 3 is 2.83 bits per heavy atom. The number of hydrogen-bond donors (Lipinski definition) is 2. The van der Waals surface area contributed by atoms with Crippen LogP contribution in [0.4, 0.5) is 5.69 Å². The molecule has 0 amide bonds. The van der Waals surface area contributed by atoms with E-state index >= 15 is 0 Å². The van der Waals surface area contributed by atoms with Gasteiger partial charge in [-0.05, 0) is 68.1 Å². The van der Waals surface area contributed by atoms with Gasteiger partial charge in [-0.1, -0.05) is 12.1 Å². The fourth-order valence-corrected chi connectivity index (χ4v) is 3.34. The van der Waals surface area contributed by atoms with Crippen LogP contribution in [0.1, 0.15) is 43.2 Å². The summed E-state index contributed by atoms with van der Waals surface area (Å²) in [5, 5.41) is 13.0. The number of aryl methyl sites for hydroxylation is 1. The van der Waals surface area contributed by atoms with E-state index in [2.05, 4.69) is 23.5 Å². The molecular weight excluding hydrogens is 222 g/mol. The van der Waals surface area contributed by atoms with Gasteiger partial charge in [0, 0.05) is 12.2 Å². The van der Waals surface area contributed by atoms with Gasteiger partial charge in [0.15, 0.2) is 0 Å². The Hall–Kier alpha value is -1.02. The molecule has 3 rings (SSSR count). The third-order valence-corrected chi connectivity index (χ3v) is 4.45. The molecule has 0 saturated heterocycles. The van der Waals surface area contributed by atoms with Crippen molar-refractivity contribution in [1.29, 1.82) is 0 Å². The first-order valence-corrected chi connectivity index (χ1v) is 7.35. The second kappa shape index (κ2) is 5.31. The molecular formula is C16H23NO. The minimum Gasteiger partial charge on any atom is -0.393 e. The van der Waals surface area contributed by atoms with Crippen molar-refractivity contribution in [1.82, 2.24) is 0 Å². The van der Waals surface area contributed by atoms with E-state index in [1.165, 1.54) is 48.9 Å². The summed E-state index contributed by atoms with van der Waals surface area (Å²) in [7, 11) is 0. The molecule has 2 aliphatic rings. The first-order valence-electron chi connectivity index (χ1n) is 7.35. The van der Waals surface area contributed by atoms with Crippen LogP contribution in [-0.2, 0) is 12.8 Å². The average molecular weight is 245 g/mol. The number of fused-ring (bicyclic) bond motifs is 1. The Bertz CT molecular complexity index is 408. The van der Waals surface area contributed by atoms with Crippen LogP contribution >= 0.6 is 0 Å². The monoisotopic (exact) mass is 245 g/mol. The van der Waals surface area contributed by atoms with Crippen molar-refractivity contribution in [2.45, 2.75) is 51.0 Å². The van der Waals surface area contributed by atoms with E-state index in [4.69, 9.17) is 0 Å². The summed E-state index contributed by atoms with van der Waals surface area (Å²) in [6.07, 6.45) is 8.02. The Labute approximate surface area is 109 Å². The lowest BCUT2D eigenvalue weighted by Crippen LogP contribution is -2.19. The topological polar surface area (TPSA) is 32.3 Å². The molecule has 0 bridgehead atoms. The third-order valence-electron chi connectivity index (χ3n) is 4.45. The highest BCUT2D eigenvalue weighted by molar-refractivity contribution is 5.54. The number of aliphatic hydroxyl groups is 1. The van der Waals surface area contributed by atoms with Crippen LogP contribution in [0.5, 0.6) is 0 Å². The minimum absolute atomic E-state index is 0.0333. The number of aliphatic hydroxyl groups excluding tert-OH is 1. The summed E-state index contributed by atoms with van der Waals surface area (Å²) < 4.78 is 0. The second-order valence-electron chi connectivity index (χ2n) is 5.90. The minimum atomic E-state index is -0.0333. The molecule has 1 saturated carbocycles. The highest BCUT2D eigenvalue weighted by Crippen LogP contribution is 2.29. The molecule has 2 N–H and O–H groups in total. The summed E-state index contributed by atoms with van der Waals surface area (Å²) in [5.74, 6) is 0.781. The van der Waals surface area contributed by atoms with Crippen molar-refractivity contribution in [3.8, 4) is 0 Å². The van der Waals surface area contributed by atoms with Gasteiger partial charge in [0.25, 0.3) is 0 Å². The zero-order valence-corrected chi connectivity index (χ0v) is 11.0. The molecule has 98 valence electrons. The van der Waals surface area contributed by atoms with E-state index in [9.17, 15) is 5.11 Å². The number of hydrogen-bond acceptors (Lipinski definition) is 2. The van der Waals surface area contributed by atoms with Crippen molar-refractivity contribution in [2.75, 3.05) is 11.9 Å². The maximum atomic E-state index is 9.54. The van der Waals surface area contributed by atoms with Gasteiger partial charge in [-0.15, -0.1) is 0 Å². The van der Waals surface area contributed by atoms with Crippen LogP contribution in [0, 0.1) is 5.92 Å². The molecule has 0 unspecified atom stereocenters. The first-order chi connectivity index (χ1) is 8.81. The van der Waals surface area contributed by atoms with Crippen LogP contribution in [0.15, 0.2) is 18.2 Å². The van der Waals surface area contributed by atoms with Crippen molar-refractivity contribution in [3.05, 3.63) is 29.3 Å². The highest BCUT2D eigenvalue weighted by atomic mass is 16.3. The predicted molar refractivity (Wildman–Crippen MR) is 74.9 cm³/mol. The summed E-state index contributed by atoms with van der Waals surface area (Å²) in [5.41, 5.74) is 4.32. The van der Waals surface area contributed by atoms with Crippen molar-refractivity contribution < 1.29 is 5.11 Å². The molecule has 1 fully saturated rings. The van der Waals surface area contributed by atoms with Crippen molar-refractivity contribution in [2.24, 2.45) is 5.92 Å². The summed E-state index contributed by atoms with van der Waals surface area (Å²) in [6.45, 7) is 1.12. The number of benzene rings is 1. The van der Waals surface area contributed by atoms with Crippen LogP contribution in [0.25, 0.3) is 0 Å². The molecule has 0 aromatic heterocycles. The van der Waals surface area contributed by atoms with Crippen LogP contribution in [0.3, 0.4) is 0 Å². The smallest absolute Gasteiger partial charge is 0.0540 e. The molecule has 1 aromatic carbocycles. The van der Waals surface area contributed by atoms with Gasteiger partial charge in [-0.25, -0.2) is 0 Å². The molecule has 1 aliphatic heterocycles. The van der Waals surface area contributed by atoms with E-state index in [1.54, 1.807) is 0 Å². The van der Waals surface area contributed by atoms with Gasteiger partial charge in [0.2, 0.25) is 0 Å². The fraction of sp³-hybridized carbons (Fsp3) is 0.625. The molecule has 2 heteroatoms. The third kappa shape index (κ3) is 2.69.